The van der Waals surface area contributed by atoms with E-state index in [1.807, 2.05) is 61.5 Å². The van der Waals surface area contributed by atoms with Gasteiger partial charge in [0, 0.05) is 23.6 Å². The smallest absolute Gasteiger partial charge is 0.277 e. The number of ketones is 1. The van der Waals surface area contributed by atoms with Gasteiger partial charge in [0.2, 0.25) is 0 Å². The highest BCUT2D eigenvalue weighted by atomic mass is 16.5. The van der Waals surface area contributed by atoms with E-state index in [4.69, 9.17) is 4.74 Å². The molecule has 2 N–H and O–H groups in total. The van der Waals surface area contributed by atoms with Gasteiger partial charge in [0.05, 0.1) is 17.9 Å². The molecular formula is C24H23N3O3. The number of ether oxygens (including phenoxy) is 1. The van der Waals surface area contributed by atoms with Crippen molar-refractivity contribution in [1.29, 1.82) is 0 Å². The zero-order valence-corrected chi connectivity index (χ0v) is 16.8. The Bertz CT molecular complexity index is 1190. The molecule has 1 aliphatic carbocycles. The van der Waals surface area contributed by atoms with Crippen molar-refractivity contribution in [3.8, 4) is 11.4 Å². The maximum atomic E-state index is 13.5. The van der Waals surface area contributed by atoms with E-state index >= 15 is 0 Å². The van der Waals surface area contributed by atoms with Crippen LogP contribution in [-0.4, -0.2) is 22.2 Å². The van der Waals surface area contributed by atoms with E-state index in [1.54, 1.807) is 4.68 Å². The minimum absolute atomic E-state index is 0.111. The van der Waals surface area contributed by atoms with Gasteiger partial charge in [-0.2, -0.15) is 0 Å². The summed E-state index contributed by atoms with van der Waals surface area (Å²) in [5.74, 6) is 1.15. The third-order valence-corrected chi connectivity index (χ3v) is 5.77. The quantitative estimate of drug-likeness (QED) is 0.689. The van der Waals surface area contributed by atoms with Gasteiger partial charge in [-0.15, -0.1) is 0 Å². The van der Waals surface area contributed by atoms with E-state index in [0.29, 0.717) is 30.0 Å². The van der Waals surface area contributed by atoms with Crippen LogP contribution >= 0.6 is 0 Å². The Kier molecular flexibility index (Phi) is 4.54. The van der Waals surface area contributed by atoms with Gasteiger partial charge < -0.3 is 10.1 Å². The van der Waals surface area contributed by atoms with Crippen molar-refractivity contribution in [3.63, 3.8) is 0 Å². The maximum Gasteiger partial charge on any atom is 0.277 e. The lowest BCUT2D eigenvalue weighted by Gasteiger charge is -2.31. The Hall–Kier alpha value is -3.54. The summed E-state index contributed by atoms with van der Waals surface area (Å²) in [4.78, 5) is 26.4. The first-order valence-corrected chi connectivity index (χ1v) is 10.3. The number of H-pyrrole nitrogens is 1. The average Bonchev–Trinajstić information content (AvgIpc) is 3.10. The fraction of sp³-hybridized carbons (Fsp3) is 0.250. The van der Waals surface area contributed by atoms with E-state index in [9.17, 15) is 9.59 Å². The zero-order valence-electron chi connectivity index (χ0n) is 16.8. The summed E-state index contributed by atoms with van der Waals surface area (Å²) in [5, 5.41) is 6.57. The summed E-state index contributed by atoms with van der Waals surface area (Å²) in [6, 6.07) is 17.2. The van der Waals surface area contributed by atoms with Crippen LogP contribution in [-0.2, 0) is 4.79 Å². The first-order chi connectivity index (χ1) is 14.7. The monoisotopic (exact) mass is 401 g/mol. The van der Waals surface area contributed by atoms with Crippen LogP contribution < -0.4 is 15.6 Å². The van der Waals surface area contributed by atoms with E-state index in [-0.39, 0.29) is 11.3 Å². The van der Waals surface area contributed by atoms with Crippen LogP contribution in [0.1, 0.15) is 43.2 Å². The number of fused-ring (bicyclic) bond motifs is 1. The van der Waals surface area contributed by atoms with Crippen LogP contribution in [0.4, 0.5) is 5.82 Å². The van der Waals surface area contributed by atoms with E-state index in [1.165, 1.54) is 0 Å². The molecule has 2 aliphatic rings. The number of anilines is 1. The van der Waals surface area contributed by atoms with Crippen LogP contribution in [0.5, 0.6) is 5.75 Å². The van der Waals surface area contributed by atoms with Gasteiger partial charge in [-0.05, 0) is 49.6 Å². The molecule has 0 bridgehead atoms. The Morgan fingerprint density at radius 1 is 1.03 bits per heavy atom. The summed E-state index contributed by atoms with van der Waals surface area (Å²) >= 11 is 0. The summed E-state index contributed by atoms with van der Waals surface area (Å²) in [6.07, 6.45) is 2.13. The predicted molar refractivity (Wildman–Crippen MR) is 115 cm³/mol. The number of nitrogens with zero attached hydrogens (tertiary/aromatic N) is 1. The molecule has 0 amide bonds. The number of aromatic amines is 1. The number of hydrogen-bond acceptors (Lipinski definition) is 4. The van der Waals surface area contributed by atoms with Gasteiger partial charge in [0.1, 0.15) is 11.6 Å². The minimum atomic E-state index is -0.395. The minimum Gasteiger partial charge on any atom is -0.494 e. The van der Waals surface area contributed by atoms with Crippen molar-refractivity contribution in [2.24, 2.45) is 0 Å². The molecule has 6 heteroatoms. The summed E-state index contributed by atoms with van der Waals surface area (Å²) in [7, 11) is 0. The number of Topliss-reactive ketones (excluding diaryl/α,β-unsaturated/α-hetero) is 1. The Balaban J connectivity index is 1.69. The number of nitrogens with one attached hydrogen (secondary N) is 2. The largest absolute Gasteiger partial charge is 0.494 e. The number of benzene rings is 2. The lowest BCUT2D eigenvalue weighted by Crippen LogP contribution is -2.29. The second kappa shape index (κ2) is 7.37. The molecule has 6 nitrogen and oxygen atoms in total. The molecule has 1 unspecified atom stereocenters. The second-order valence-corrected chi connectivity index (χ2v) is 7.61. The van der Waals surface area contributed by atoms with E-state index in [0.717, 1.165) is 35.5 Å². The number of para-hydroxylation sites is 1. The number of carbonyl (C=O) groups excluding carboxylic acids is 1. The average molecular weight is 401 g/mol. The van der Waals surface area contributed by atoms with Crippen LogP contribution in [0, 0.1) is 0 Å². The number of aromatic nitrogens is 2. The lowest BCUT2D eigenvalue weighted by atomic mass is 9.77. The van der Waals surface area contributed by atoms with Crippen molar-refractivity contribution in [2.45, 2.75) is 32.1 Å². The highest BCUT2D eigenvalue weighted by Crippen LogP contribution is 2.43. The second-order valence-electron chi connectivity index (χ2n) is 7.61. The first-order valence-electron chi connectivity index (χ1n) is 10.3. The lowest BCUT2D eigenvalue weighted by molar-refractivity contribution is -0.116. The number of carbonyl (C=O) groups is 1. The summed E-state index contributed by atoms with van der Waals surface area (Å²) < 4.78 is 7.11. The van der Waals surface area contributed by atoms with Gasteiger partial charge in [-0.1, -0.05) is 30.3 Å². The molecule has 1 aliphatic heterocycles. The molecule has 1 atom stereocenters. The zero-order chi connectivity index (χ0) is 20.7. The van der Waals surface area contributed by atoms with Gasteiger partial charge in [-0.25, -0.2) is 4.68 Å². The molecule has 3 aromatic rings. The molecule has 30 heavy (non-hydrogen) atoms. The molecule has 5 rings (SSSR count). The highest BCUT2D eigenvalue weighted by molar-refractivity contribution is 6.00. The fourth-order valence-electron chi connectivity index (χ4n) is 4.45. The standard InChI is InChI=1S/C24H23N3O3/c1-2-30-17-13-11-15(12-14-17)20-21-18(9-6-10-19(21)28)25-23-22(20)24(29)27(26-23)16-7-4-3-5-8-16/h3-5,7-8,11-14,20,25-26H,2,6,9-10H2,1H3. The molecule has 2 aromatic carbocycles. The molecule has 0 fully saturated rings. The Morgan fingerprint density at radius 2 is 1.80 bits per heavy atom. The van der Waals surface area contributed by atoms with Gasteiger partial charge >= 0.3 is 0 Å². The van der Waals surface area contributed by atoms with Crippen LogP contribution in [0.3, 0.4) is 0 Å². The fourth-order valence-corrected chi connectivity index (χ4v) is 4.45. The highest BCUT2D eigenvalue weighted by Gasteiger charge is 2.38. The van der Waals surface area contributed by atoms with Crippen LogP contribution in [0.15, 0.2) is 70.7 Å². The van der Waals surface area contributed by atoms with Crippen molar-refractivity contribution in [3.05, 3.63) is 87.3 Å². The van der Waals surface area contributed by atoms with Gasteiger partial charge in [0.25, 0.3) is 5.56 Å². The molecule has 0 spiro atoms. The molecule has 0 saturated heterocycles. The number of rotatable bonds is 4. The topological polar surface area (TPSA) is 76.1 Å². The van der Waals surface area contributed by atoms with Crippen molar-refractivity contribution < 1.29 is 9.53 Å². The summed E-state index contributed by atoms with van der Waals surface area (Å²) in [5.41, 5.74) is 3.74. The predicted octanol–water partition coefficient (Wildman–Crippen LogP) is 4.13. The van der Waals surface area contributed by atoms with Crippen LogP contribution in [0.2, 0.25) is 0 Å². The number of hydrogen-bond donors (Lipinski definition) is 2. The van der Waals surface area contributed by atoms with E-state index in [2.05, 4.69) is 10.4 Å². The maximum absolute atomic E-state index is 13.5. The Labute approximate surface area is 174 Å². The molecular weight excluding hydrogens is 378 g/mol. The molecule has 1 aromatic heterocycles. The molecule has 2 heterocycles. The van der Waals surface area contributed by atoms with Crippen molar-refractivity contribution in [2.75, 3.05) is 11.9 Å². The van der Waals surface area contributed by atoms with Gasteiger partial charge in [-0.3, -0.25) is 14.7 Å². The third kappa shape index (κ3) is 2.96. The summed E-state index contributed by atoms with van der Waals surface area (Å²) in [6.45, 7) is 2.53. The first kappa shape index (κ1) is 18.5. The van der Waals surface area contributed by atoms with Crippen molar-refractivity contribution >= 4 is 11.6 Å². The van der Waals surface area contributed by atoms with Crippen molar-refractivity contribution in [1.82, 2.24) is 9.78 Å². The SMILES string of the molecule is CCOc1ccc(C2C3=C(CCCC3=O)Nc3[nH]n(-c4ccccc4)c(=O)c32)cc1. The van der Waals surface area contributed by atoms with Gasteiger partial charge in [0.15, 0.2) is 5.78 Å². The third-order valence-electron chi connectivity index (χ3n) is 5.77. The van der Waals surface area contributed by atoms with Crippen LogP contribution in [0.25, 0.3) is 5.69 Å². The molecule has 0 radical (unpaired) electrons. The normalized spacial score (nSPS) is 17.9. The Morgan fingerprint density at radius 3 is 2.53 bits per heavy atom. The molecule has 152 valence electrons. The van der Waals surface area contributed by atoms with E-state index < -0.39 is 5.92 Å². The molecule has 0 saturated carbocycles. The number of allylic oxidation sites excluding steroid dienone is 2.